The number of nitrogens with zero attached hydrogens (tertiary/aromatic N) is 3. The second-order valence-electron chi connectivity index (χ2n) is 9.92. The van der Waals surface area contributed by atoms with Gasteiger partial charge in [-0.25, -0.2) is 9.97 Å². The van der Waals surface area contributed by atoms with Gasteiger partial charge in [-0.15, -0.1) is 0 Å². The van der Waals surface area contributed by atoms with Gasteiger partial charge in [0.2, 0.25) is 0 Å². The Morgan fingerprint density at radius 3 is 2.51 bits per heavy atom. The van der Waals surface area contributed by atoms with Crippen molar-refractivity contribution in [2.45, 2.75) is 88.7 Å². The average molecular weight is 555 g/mol. The predicted octanol–water partition coefficient (Wildman–Crippen LogP) is -1.50. The molecule has 0 spiro atoms. The van der Waals surface area contributed by atoms with Crippen molar-refractivity contribution in [1.29, 1.82) is 0 Å². The first-order valence-corrected chi connectivity index (χ1v) is 12.3. The topological polar surface area (TPSA) is 203 Å². The molecule has 5 rings (SSSR count). The first-order valence-electron chi connectivity index (χ1n) is 12.3. The van der Waals surface area contributed by atoms with E-state index < -0.39 is 78.5 Å². The number of rotatable bonds is 7. The lowest BCUT2D eigenvalue weighted by atomic mass is 9.99. The third kappa shape index (κ3) is 5.41. The minimum atomic E-state index is -1.61. The van der Waals surface area contributed by atoms with E-state index >= 15 is 0 Å². The summed E-state index contributed by atoms with van der Waals surface area (Å²) in [6.45, 7) is 5.28. The van der Waals surface area contributed by atoms with Gasteiger partial charge in [-0.2, -0.15) is 0 Å². The fraction of sp³-hybridized carbons (Fsp3) is 0.696. The Kier molecular flexibility index (Phi) is 7.45. The van der Waals surface area contributed by atoms with Crippen LogP contribution < -0.4 is 5.56 Å². The van der Waals surface area contributed by atoms with Crippen molar-refractivity contribution < 1.29 is 53.0 Å². The monoisotopic (exact) mass is 554 g/mol. The second-order valence-corrected chi connectivity index (χ2v) is 9.92. The van der Waals surface area contributed by atoms with Crippen LogP contribution in [0.3, 0.4) is 0 Å². The smallest absolute Gasteiger partial charge is 0.303 e. The van der Waals surface area contributed by atoms with Gasteiger partial charge in [0.15, 0.2) is 35.6 Å². The van der Waals surface area contributed by atoms with E-state index in [-0.39, 0.29) is 24.4 Å². The molecule has 3 aliphatic rings. The van der Waals surface area contributed by atoms with E-state index in [1.165, 1.54) is 19.6 Å². The standard InChI is InChI=1S/C23H30N4O12/c1-9(28)33-5-11-16(35-10(2)29)14(30)15(31)22(37-11)34-6-12-17-18(39-23(3,4)38-17)21(36-12)27-8-26-13-19(27)24-7-25-20(13)32/h7-8,11-12,14-18,21-22,30-31H,5-6H2,1-4H3,(H,24,25,32)/t11-,12-,14-,15+,16-,17-,18-,21-,22+/m1/s1. The lowest BCUT2D eigenvalue weighted by molar-refractivity contribution is -0.309. The molecular weight excluding hydrogens is 524 g/mol. The molecule has 3 N–H and O–H groups in total. The quantitative estimate of drug-likeness (QED) is 0.333. The van der Waals surface area contributed by atoms with Gasteiger partial charge in [-0.1, -0.05) is 0 Å². The van der Waals surface area contributed by atoms with Crippen molar-refractivity contribution in [3.8, 4) is 0 Å². The van der Waals surface area contributed by atoms with Crippen LogP contribution in [0.2, 0.25) is 0 Å². The number of imidazole rings is 1. The lowest BCUT2D eigenvalue weighted by Crippen LogP contribution is -2.61. The highest BCUT2D eigenvalue weighted by Crippen LogP contribution is 2.44. The molecule has 9 atom stereocenters. The number of ether oxygens (including phenoxy) is 7. The molecule has 3 fully saturated rings. The summed E-state index contributed by atoms with van der Waals surface area (Å²) in [7, 11) is 0. The maximum Gasteiger partial charge on any atom is 0.303 e. The van der Waals surface area contributed by atoms with Crippen LogP contribution in [0.25, 0.3) is 11.2 Å². The highest BCUT2D eigenvalue weighted by Gasteiger charge is 2.57. The zero-order valence-corrected chi connectivity index (χ0v) is 21.6. The largest absolute Gasteiger partial charge is 0.463 e. The molecule has 0 unspecified atom stereocenters. The molecule has 0 bridgehead atoms. The zero-order chi connectivity index (χ0) is 28.1. The number of aliphatic hydroxyl groups excluding tert-OH is 2. The molecule has 16 heteroatoms. The zero-order valence-electron chi connectivity index (χ0n) is 21.6. The SMILES string of the molecule is CC(=O)OC[C@H]1O[C@H](OC[C@H]2O[C@@H](n3cnc4c(=O)[nH]cnc43)[C@@H]3OC(C)(C)O[C@@H]32)[C@@H](O)[C@@H](O)[C@@H]1OC(C)=O. The Morgan fingerprint density at radius 1 is 1.05 bits per heavy atom. The fourth-order valence-corrected chi connectivity index (χ4v) is 4.97. The van der Waals surface area contributed by atoms with Crippen LogP contribution in [-0.2, 0) is 42.7 Å². The van der Waals surface area contributed by atoms with Crippen molar-refractivity contribution in [1.82, 2.24) is 19.5 Å². The third-order valence-corrected chi connectivity index (χ3v) is 6.58. The van der Waals surface area contributed by atoms with E-state index in [1.807, 2.05) is 0 Å². The van der Waals surface area contributed by atoms with Gasteiger partial charge in [-0.05, 0) is 13.8 Å². The van der Waals surface area contributed by atoms with Gasteiger partial charge in [0.1, 0.15) is 43.2 Å². The van der Waals surface area contributed by atoms with Gasteiger partial charge < -0.3 is 48.4 Å². The molecule has 16 nitrogen and oxygen atoms in total. The van der Waals surface area contributed by atoms with E-state index in [4.69, 9.17) is 33.2 Å². The Hall–Kier alpha value is -2.99. The molecule has 3 saturated heterocycles. The Morgan fingerprint density at radius 2 is 1.79 bits per heavy atom. The number of aromatic nitrogens is 4. The first kappa shape index (κ1) is 27.6. The molecule has 39 heavy (non-hydrogen) atoms. The van der Waals surface area contributed by atoms with Crippen LogP contribution in [0.5, 0.6) is 0 Å². The molecule has 214 valence electrons. The van der Waals surface area contributed by atoms with Crippen molar-refractivity contribution in [3.05, 3.63) is 23.0 Å². The van der Waals surface area contributed by atoms with Crippen molar-refractivity contribution >= 4 is 23.1 Å². The minimum Gasteiger partial charge on any atom is -0.463 e. The number of hydrogen-bond donors (Lipinski definition) is 3. The van der Waals surface area contributed by atoms with Gasteiger partial charge in [0.25, 0.3) is 5.56 Å². The Bertz CT molecular complexity index is 1280. The van der Waals surface area contributed by atoms with Crippen LogP contribution in [0.4, 0.5) is 0 Å². The van der Waals surface area contributed by atoms with E-state index in [1.54, 1.807) is 18.4 Å². The number of aromatic amines is 1. The van der Waals surface area contributed by atoms with Gasteiger partial charge in [0, 0.05) is 13.8 Å². The first-order chi connectivity index (χ1) is 18.4. The van der Waals surface area contributed by atoms with Crippen LogP contribution in [-0.4, -0.2) is 110 Å². The van der Waals surface area contributed by atoms with Crippen molar-refractivity contribution in [2.75, 3.05) is 13.2 Å². The number of H-pyrrole nitrogens is 1. The Balaban J connectivity index is 1.33. The minimum absolute atomic E-state index is 0.129. The van der Waals surface area contributed by atoms with Crippen molar-refractivity contribution in [3.63, 3.8) is 0 Å². The average Bonchev–Trinajstić information content (AvgIpc) is 3.52. The molecule has 0 amide bonds. The number of carbonyl (C=O) groups excluding carboxylic acids is 2. The summed E-state index contributed by atoms with van der Waals surface area (Å²) in [6.07, 6.45) is -7.10. The van der Waals surface area contributed by atoms with Gasteiger partial charge in [0.05, 0.1) is 19.3 Å². The van der Waals surface area contributed by atoms with E-state index in [0.29, 0.717) is 0 Å². The van der Waals surface area contributed by atoms with Crippen LogP contribution in [0.15, 0.2) is 17.4 Å². The predicted molar refractivity (Wildman–Crippen MR) is 125 cm³/mol. The van der Waals surface area contributed by atoms with Crippen LogP contribution >= 0.6 is 0 Å². The highest BCUT2D eigenvalue weighted by molar-refractivity contribution is 5.69. The lowest BCUT2D eigenvalue weighted by Gasteiger charge is -2.41. The third-order valence-electron chi connectivity index (χ3n) is 6.58. The number of aliphatic hydroxyl groups is 2. The van der Waals surface area contributed by atoms with E-state index in [0.717, 1.165) is 6.92 Å². The number of hydrogen-bond acceptors (Lipinski definition) is 14. The summed E-state index contributed by atoms with van der Waals surface area (Å²) in [5.74, 6) is -2.29. The summed E-state index contributed by atoms with van der Waals surface area (Å²) < 4.78 is 41.6. The fourth-order valence-electron chi connectivity index (χ4n) is 4.97. The summed E-state index contributed by atoms with van der Waals surface area (Å²) >= 11 is 0. The molecule has 2 aromatic heterocycles. The molecule has 0 saturated carbocycles. The maximum absolute atomic E-state index is 12.1. The second kappa shape index (κ2) is 10.5. The molecule has 3 aliphatic heterocycles. The molecule has 5 heterocycles. The highest BCUT2D eigenvalue weighted by atomic mass is 16.8. The number of fused-ring (bicyclic) bond motifs is 2. The summed E-state index contributed by atoms with van der Waals surface area (Å²) in [5.41, 5.74) is 0.00946. The molecule has 0 aromatic carbocycles. The number of nitrogens with one attached hydrogen (secondary N) is 1. The number of carbonyl (C=O) groups is 2. The van der Waals surface area contributed by atoms with Crippen LogP contribution in [0, 0.1) is 0 Å². The summed E-state index contributed by atoms with van der Waals surface area (Å²) in [4.78, 5) is 45.8. The maximum atomic E-state index is 12.1. The van der Waals surface area contributed by atoms with Crippen LogP contribution in [0.1, 0.15) is 33.9 Å². The normalized spacial score (nSPS) is 35.6. The summed E-state index contributed by atoms with van der Waals surface area (Å²) in [5, 5.41) is 21.3. The summed E-state index contributed by atoms with van der Waals surface area (Å²) in [6, 6.07) is 0. The molecule has 0 aliphatic carbocycles. The Labute approximate surface area is 221 Å². The molecule has 2 aromatic rings. The van der Waals surface area contributed by atoms with Gasteiger partial charge >= 0.3 is 11.9 Å². The number of esters is 2. The van der Waals surface area contributed by atoms with Crippen molar-refractivity contribution in [2.24, 2.45) is 0 Å². The van der Waals surface area contributed by atoms with E-state index in [9.17, 15) is 24.6 Å². The van der Waals surface area contributed by atoms with E-state index in [2.05, 4.69) is 15.0 Å². The molecular formula is C23H30N4O12. The molecule has 0 radical (unpaired) electrons. The van der Waals surface area contributed by atoms with Gasteiger partial charge in [-0.3, -0.25) is 19.0 Å².